The largest absolute Gasteiger partial charge is 0.310 e. The Morgan fingerprint density at radius 1 is 1.38 bits per heavy atom. The highest BCUT2D eigenvalue weighted by Crippen LogP contribution is 2.37. The molecular weight excluding hydrogens is 229 g/mol. The second kappa shape index (κ2) is 3.56. The van der Waals surface area contributed by atoms with Gasteiger partial charge in [-0.3, -0.25) is 0 Å². The monoisotopic (exact) mass is 237 g/mol. The van der Waals surface area contributed by atoms with Crippen LogP contribution in [0, 0.1) is 5.82 Å². The minimum atomic E-state index is -0.426. The maximum atomic E-state index is 13.3. The van der Waals surface area contributed by atoms with E-state index in [1.165, 1.54) is 12.1 Å². The van der Waals surface area contributed by atoms with Gasteiger partial charge in [0.2, 0.25) is 0 Å². The number of hydrogen-bond donors (Lipinski definition) is 0. The topological polar surface area (TPSA) is 30.7 Å². The Bertz CT molecular complexity index is 534. The molecule has 0 unspecified atom stereocenters. The summed E-state index contributed by atoms with van der Waals surface area (Å²) >= 11 is 5.64. The zero-order valence-corrected chi connectivity index (χ0v) is 9.15. The summed E-state index contributed by atoms with van der Waals surface area (Å²) in [5.74, 6) is 0.280. The van der Waals surface area contributed by atoms with Gasteiger partial charge in [-0.15, -0.1) is 10.2 Å². The van der Waals surface area contributed by atoms with E-state index >= 15 is 0 Å². The molecule has 3 rings (SSSR count). The van der Waals surface area contributed by atoms with E-state index in [1.807, 2.05) is 4.57 Å². The van der Waals surface area contributed by atoms with E-state index in [0.717, 1.165) is 12.8 Å². The first kappa shape index (κ1) is 9.78. The van der Waals surface area contributed by atoms with Crippen LogP contribution in [0.2, 0.25) is 5.02 Å². The molecule has 0 aliphatic heterocycles. The first-order valence-corrected chi connectivity index (χ1v) is 5.48. The van der Waals surface area contributed by atoms with Gasteiger partial charge in [-0.05, 0) is 31.0 Å². The Labute approximate surface area is 96.9 Å². The summed E-state index contributed by atoms with van der Waals surface area (Å²) < 4.78 is 15.3. The molecule has 1 aromatic carbocycles. The van der Waals surface area contributed by atoms with Crippen LogP contribution < -0.4 is 0 Å². The Morgan fingerprint density at radius 3 is 2.88 bits per heavy atom. The molecule has 1 heterocycles. The Hall–Kier alpha value is -1.42. The second-order valence-electron chi connectivity index (χ2n) is 3.92. The molecule has 0 spiro atoms. The molecule has 2 aromatic rings. The smallest absolute Gasteiger partial charge is 0.164 e. The van der Waals surface area contributed by atoms with Gasteiger partial charge in [0, 0.05) is 11.6 Å². The summed E-state index contributed by atoms with van der Waals surface area (Å²) in [5.41, 5.74) is 0.714. The van der Waals surface area contributed by atoms with Crippen LogP contribution in [-0.2, 0) is 0 Å². The van der Waals surface area contributed by atoms with Crippen LogP contribution in [-0.4, -0.2) is 14.8 Å². The van der Waals surface area contributed by atoms with Crippen molar-refractivity contribution in [2.24, 2.45) is 0 Å². The highest BCUT2D eigenvalue weighted by molar-refractivity contribution is 6.30. The highest BCUT2D eigenvalue weighted by atomic mass is 35.5. The van der Waals surface area contributed by atoms with Crippen molar-refractivity contribution >= 4 is 11.6 Å². The van der Waals surface area contributed by atoms with Gasteiger partial charge in [0.1, 0.15) is 12.1 Å². The van der Waals surface area contributed by atoms with Crippen LogP contribution in [0.1, 0.15) is 18.9 Å². The second-order valence-corrected chi connectivity index (χ2v) is 4.33. The number of hydrogen-bond acceptors (Lipinski definition) is 2. The molecule has 1 aromatic heterocycles. The Morgan fingerprint density at radius 2 is 2.19 bits per heavy atom. The van der Waals surface area contributed by atoms with Crippen molar-refractivity contribution in [1.82, 2.24) is 14.8 Å². The van der Waals surface area contributed by atoms with E-state index in [1.54, 1.807) is 12.4 Å². The number of aromatic nitrogens is 3. The van der Waals surface area contributed by atoms with Gasteiger partial charge in [-0.2, -0.15) is 0 Å². The third kappa shape index (κ3) is 1.59. The zero-order valence-electron chi connectivity index (χ0n) is 8.40. The van der Waals surface area contributed by atoms with Gasteiger partial charge in [-0.1, -0.05) is 11.6 Å². The van der Waals surface area contributed by atoms with Gasteiger partial charge < -0.3 is 4.57 Å². The quantitative estimate of drug-likeness (QED) is 0.804. The number of rotatable bonds is 2. The van der Waals surface area contributed by atoms with Crippen molar-refractivity contribution in [2.45, 2.75) is 18.9 Å². The lowest BCUT2D eigenvalue weighted by molar-refractivity contribution is 0.628. The van der Waals surface area contributed by atoms with E-state index in [-0.39, 0.29) is 5.02 Å². The molecule has 1 fully saturated rings. The molecule has 5 heteroatoms. The predicted octanol–water partition coefficient (Wildman–Crippen LogP) is 3.07. The first-order chi connectivity index (χ1) is 7.75. The van der Waals surface area contributed by atoms with Gasteiger partial charge in [0.15, 0.2) is 5.82 Å². The van der Waals surface area contributed by atoms with Crippen molar-refractivity contribution in [2.75, 3.05) is 0 Å². The Kier molecular flexibility index (Phi) is 2.17. The average molecular weight is 238 g/mol. The molecule has 1 aliphatic carbocycles. The lowest BCUT2D eigenvalue weighted by Crippen LogP contribution is -1.96. The summed E-state index contributed by atoms with van der Waals surface area (Å²) in [6, 6.07) is 5.17. The van der Waals surface area contributed by atoms with E-state index in [2.05, 4.69) is 10.2 Å². The molecule has 0 saturated heterocycles. The molecule has 0 atom stereocenters. The summed E-state index contributed by atoms with van der Waals surface area (Å²) in [7, 11) is 0. The molecular formula is C11H9ClFN3. The molecule has 0 radical (unpaired) electrons. The standard InChI is InChI=1S/C11H9ClFN3/c12-9-4-1-7(5-10(9)13)11-15-14-6-16(11)8-2-3-8/h1,4-6,8H,2-3H2. The van der Waals surface area contributed by atoms with Crippen LogP contribution >= 0.6 is 11.6 Å². The maximum Gasteiger partial charge on any atom is 0.164 e. The predicted molar refractivity (Wildman–Crippen MR) is 58.7 cm³/mol. The number of halogens is 2. The summed E-state index contributed by atoms with van der Waals surface area (Å²) in [6.07, 6.45) is 3.97. The highest BCUT2D eigenvalue weighted by Gasteiger charge is 2.26. The lowest BCUT2D eigenvalue weighted by atomic mass is 10.2. The third-order valence-corrected chi connectivity index (χ3v) is 3.00. The number of benzene rings is 1. The molecule has 0 amide bonds. The van der Waals surface area contributed by atoms with Crippen LogP contribution in [0.4, 0.5) is 4.39 Å². The van der Waals surface area contributed by atoms with Crippen LogP contribution in [0.5, 0.6) is 0 Å². The molecule has 1 saturated carbocycles. The molecule has 16 heavy (non-hydrogen) atoms. The SMILES string of the molecule is Fc1cc(-c2nncn2C2CC2)ccc1Cl. The van der Waals surface area contributed by atoms with Gasteiger partial charge in [0.25, 0.3) is 0 Å². The third-order valence-electron chi connectivity index (χ3n) is 2.69. The van der Waals surface area contributed by atoms with Gasteiger partial charge >= 0.3 is 0 Å². The summed E-state index contributed by atoms with van der Waals surface area (Å²) in [5, 5.41) is 8.02. The van der Waals surface area contributed by atoms with Gasteiger partial charge in [-0.25, -0.2) is 4.39 Å². The molecule has 1 aliphatic rings. The van der Waals surface area contributed by atoms with Crippen LogP contribution in [0.25, 0.3) is 11.4 Å². The lowest BCUT2D eigenvalue weighted by Gasteiger charge is -2.04. The zero-order chi connectivity index (χ0) is 11.1. The molecule has 0 N–H and O–H groups in total. The fraction of sp³-hybridized carbons (Fsp3) is 0.273. The fourth-order valence-electron chi connectivity index (χ4n) is 1.70. The van der Waals surface area contributed by atoms with E-state index in [0.29, 0.717) is 17.4 Å². The fourth-order valence-corrected chi connectivity index (χ4v) is 1.82. The van der Waals surface area contributed by atoms with E-state index < -0.39 is 5.82 Å². The minimum absolute atomic E-state index is 0.126. The van der Waals surface area contributed by atoms with Crippen molar-refractivity contribution in [3.63, 3.8) is 0 Å². The molecule has 0 bridgehead atoms. The normalized spacial score (nSPS) is 15.4. The van der Waals surface area contributed by atoms with E-state index in [9.17, 15) is 4.39 Å². The van der Waals surface area contributed by atoms with Crippen LogP contribution in [0.15, 0.2) is 24.5 Å². The van der Waals surface area contributed by atoms with Crippen molar-refractivity contribution in [3.05, 3.63) is 35.4 Å². The molecule has 82 valence electrons. The maximum absolute atomic E-state index is 13.3. The van der Waals surface area contributed by atoms with Crippen molar-refractivity contribution < 1.29 is 4.39 Å². The Balaban J connectivity index is 2.07. The van der Waals surface area contributed by atoms with Gasteiger partial charge in [0.05, 0.1) is 5.02 Å². The van der Waals surface area contributed by atoms with E-state index in [4.69, 9.17) is 11.6 Å². The molecule has 3 nitrogen and oxygen atoms in total. The first-order valence-electron chi connectivity index (χ1n) is 5.10. The van der Waals surface area contributed by atoms with Crippen molar-refractivity contribution in [3.8, 4) is 11.4 Å². The summed E-state index contributed by atoms with van der Waals surface area (Å²) in [6.45, 7) is 0. The number of nitrogens with zero attached hydrogens (tertiary/aromatic N) is 3. The average Bonchev–Trinajstić information content (AvgIpc) is 3.01. The van der Waals surface area contributed by atoms with Crippen LogP contribution in [0.3, 0.4) is 0 Å². The minimum Gasteiger partial charge on any atom is -0.310 e. The summed E-state index contributed by atoms with van der Waals surface area (Å²) in [4.78, 5) is 0. The van der Waals surface area contributed by atoms with Crippen molar-refractivity contribution in [1.29, 1.82) is 0 Å².